The Kier molecular flexibility index (Phi) is 3.21. The molecule has 1 aromatic heterocycles. The highest BCUT2D eigenvalue weighted by Gasteiger charge is 2.05. The Labute approximate surface area is 103 Å². The third kappa shape index (κ3) is 3.37. The number of rotatable bonds is 1. The summed E-state index contributed by atoms with van der Waals surface area (Å²) in [7, 11) is -1.14. The highest BCUT2D eigenvalue weighted by atomic mass is 28.3. The summed E-state index contributed by atoms with van der Waals surface area (Å²) in [4.78, 5) is 0. The van der Waals surface area contributed by atoms with Crippen LogP contribution in [0.2, 0.25) is 19.6 Å². The molecule has 0 radical (unpaired) electrons. The molecule has 0 aliphatic carbocycles. The van der Waals surface area contributed by atoms with E-state index in [4.69, 9.17) is 4.42 Å². The van der Waals surface area contributed by atoms with Crippen LogP contribution in [-0.4, -0.2) is 8.07 Å². The van der Waals surface area contributed by atoms with E-state index < -0.39 is 8.07 Å². The second-order valence-electron chi connectivity index (χ2n) is 5.12. The van der Waals surface area contributed by atoms with Crippen LogP contribution in [0.3, 0.4) is 0 Å². The zero-order chi connectivity index (χ0) is 12.3. The summed E-state index contributed by atoms with van der Waals surface area (Å²) in [6.45, 7) is 6.85. The highest BCUT2D eigenvalue weighted by molar-refractivity contribution is 6.81. The van der Waals surface area contributed by atoms with Crippen molar-refractivity contribution in [2.75, 3.05) is 0 Å². The molecule has 0 atom stereocenters. The Morgan fingerprint density at radius 1 is 1.18 bits per heavy atom. The Morgan fingerprint density at radius 3 is 2.65 bits per heavy atom. The molecule has 2 rings (SSSR count). The number of hydrogen-bond acceptors (Lipinski definition) is 1. The Hall–Kier alpha value is -1.72. The molecule has 0 aliphatic rings. The van der Waals surface area contributed by atoms with Gasteiger partial charge in [0.1, 0.15) is 5.58 Å². The number of allylic oxidation sites excluding steroid dienone is 1. The molecular weight excluding hydrogens is 224 g/mol. The molecule has 2 heteroatoms. The Bertz CT molecular complexity index is 570. The summed E-state index contributed by atoms with van der Waals surface area (Å²) in [5, 5.41) is 1.10. The summed E-state index contributed by atoms with van der Waals surface area (Å²) in [5.41, 5.74) is 3.12. The van der Waals surface area contributed by atoms with Gasteiger partial charge >= 0.3 is 0 Å². The quantitative estimate of drug-likeness (QED) is 0.537. The van der Waals surface area contributed by atoms with Gasteiger partial charge in [-0.3, -0.25) is 0 Å². The van der Waals surface area contributed by atoms with Gasteiger partial charge in [-0.1, -0.05) is 49.5 Å². The molecule has 17 heavy (non-hydrogen) atoms. The van der Waals surface area contributed by atoms with E-state index in [1.807, 2.05) is 36.4 Å². The van der Waals surface area contributed by atoms with Crippen molar-refractivity contribution >= 4 is 19.0 Å². The van der Waals surface area contributed by atoms with E-state index in [-0.39, 0.29) is 0 Å². The molecule has 2 aromatic rings. The lowest BCUT2D eigenvalue weighted by Crippen LogP contribution is -2.14. The van der Waals surface area contributed by atoms with Crippen LogP contribution in [0.1, 0.15) is 5.76 Å². The second-order valence-corrected chi connectivity index (χ2v) is 10.2. The third-order valence-electron chi connectivity index (χ3n) is 2.29. The molecule has 1 aromatic carbocycles. The van der Waals surface area contributed by atoms with E-state index >= 15 is 0 Å². The minimum Gasteiger partial charge on any atom is -0.448 e. The molecule has 0 saturated carbocycles. The number of fused-ring (bicyclic) bond motifs is 1. The Balaban J connectivity index is 2.19. The molecule has 1 nitrogen and oxygen atoms in total. The van der Waals surface area contributed by atoms with E-state index in [9.17, 15) is 0 Å². The van der Waals surface area contributed by atoms with E-state index in [1.54, 1.807) is 0 Å². The minimum atomic E-state index is -1.14. The van der Waals surface area contributed by atoms with Gasteiger partial charge in [0.05, 0.1) is 8.07 Å². The van der Waals surface area contributed by atoms with Gasteiger partial charge in [-0.15, -0.1) is 0 Å². The van der Waals surface area contributed by atoms with Gasteiger partial charge < -0.3 is 4.42 Å². The first-order valence-electron chi connectivity index (χ1n) is 5.72. The maximum absolute atomic E-state index is 5.60. The lowest BCUT2D eigenvalue weighted by Gasteiger charge is -2.05. The van der Waals surface area contributed by atoms with Crippen molar-refractivity contribution in [1.82, 2.24) is 0 Å². The molecule has 1 heterocycles. The number of hydrogen-bond donors (Lipinski definition) is 0. The monoisotopic (exact) mass is 240 g/mol. The molecule has 0 fully saturated rings. The molecule has 0 amide bonds. The predicted molar refractivity (Wildman–Crippen MR) is 75.6 cm³/mol. The molecule has 0 saturated heterocycles. The first kappa shape index (κ1) is 11.8. The lowest BCUT2D eigenvalue weighted by molar-refractivity contribution is 0.601. The van der Waals surface area contributed by atoms with Crippen molar-refractivity contribution in [1.29, 1.82) is 0 Å². The molecule has 0 bridgehead atoms. The Morgan fingerprint density at radius 2 is 1.94 bits per heavy atom. The third-order valence-corrected chi connectivity index (χ3v) is 3.45. The summed E-state index contributed by atoms with van der Waals surface area (Å²) in [6, 6.07) is 9.93. The van der Waals surface area contributed by atoms with Crippen molar-refractivity contribution < 1.29 is 4.42 Å². The molecule has 0 spiro atoms. The van der Waals surface area contributed by atoms with E-state index in [1.165, 1.54) is 0 Å². The summed E-state index contributed by atoms with van der Waals surface area (Å²) in [6.07, 6.45) is 1.94. The number of para-hydroxylation sites is 1. The van der Waals surface area contributed by atoms with Gasteiger partial charge in [-0.05, 0) is 18.1 Å². The number of benzene rings is 1. The summed E-state index contributed by atoms with van der Waals surface area (Å²) >= 11 is 0. The fourth-order valence-electron chi connectivity index (χ4n) is 1.45. The van der Waals surface area contributed by atoms with Gasteiger partial charge in [0.15, 0.2) is 5.76 Å². The molecule has 0 aliphatic heterocycles. The van der Waals surface area contributed by atoms with Crippen LogP contribution in [0.5, 0.6) is 0 Å². The first-order valence-corrected chi connectivity index (χ1v) is 9.30. The van der Waals surface area contributed by atoms with Crippen molar-refractivity contribution in [3.8, 4) is 11.8 Å². The van der Waals surface area contributed by atoms with Crippen LogP contribution in [0.4, 0.5) is 0 Å². The van der Waals surface area contributed by atoms with Crippen molar-refractivity contribution in [2.45, 2.75) is 19.6 Å². The fraction of sp³-hybridized carbons (Fsp3) is 0.200. The average molecular weight is 240 g/mol. The minimum absolute atomic E-state index is 0.728. The van der Waals surface area contributed by atoms with Crippen LogP contribution in [0.15, 0.2) is 46.5 Å². The summed E-state index contributed by atoms with van der Waals surface area (Å²) < 4.78 is 5.60. The van der Waals surface area contributed by atoms with Gasteiger partial charge in [0.2, 0.25) is 0 Å². The van der Waals surface area contributed by atoms with Crippen LogP contribution in [0, 0.1) is 11.8 Å². The van der Waals surface area contributed by atoms with Gasteiger partial charge in [-0.25, -0.2) is 0 Å². The molecular formula is C15H16OSi. The van der Waals surface area contributed by atoms with Crippen molar-refractivity contribution in [3.05, 3.63) is 47.9 Å². The van der Waals surface area contributed by atoms with Crippen LogP contribution < -0.4 is 0 Å². The smallest absolute Gasteiger partial charge is 0.178 e. The topological polar surface area (TPSA) is 13.1 Å². The predicted octanol–water partition coefficient (Wildman–Crippen LogP) is 4.22. The molecule has 0 unspecified atom stereocenters. The van der Waals surface area contributed by atoms with Crippen molar-refractivity contribution in [3.63, 3.8) is 0 Å². The largest absolute Gasteiger partial charge is 0.448 e. The normalized spacial score (nSPS) is 11.7. The van der Waals surface area contributed by atoms with Gasteiger partial charge in [-0.2, -0.15) is 0 Å². The highest BCUT2D eigenvalue weighted by Crippen LogP contribution is 2.17. The second kappa shape index (κ2) is 4.64. The number of furan rings is 1. The van der Waals surface area contributed by atoms with Crippen LogP contribution >= 0.6 is 0 Å². The lowest BCUT2D eigenvalue weighted by atomic mass is 10.2. The maximum atomic E-state index is 5.60. The summed E-state index contributed by atoms with van der Waals surface area (Å²) in [5.74, 6) is 6.78. The van der Waals surface area contributed by atoms with Crippen molar-refractivity contribution in [2.24, 2.45) is 0 Å². The zero-order valence-electron chi connectivity index (χ0n) is 10.4. The van der Waals surface area contributed by atoms with Crippen LogP contribution in [-0.2, 0) is 0 Å². The molecule has 86 valence electrons. The van der Waals surface area contributed by atoms with Gasteiger partial charge in [0, 0.05) is 11.5 Å². The average Bonchev–Trinajstić information content (AvgIpc) is 2.65. The van der Waals surface area contributed by atoms with E-state index in [0.29, 0.717) is 0 Å². The first-order chi connectivity index (χ1) is 8.04. The van der Waals surface area contributed by atoms with Crippen LogP contribution in [0.25, 0.3) is 11.0 Å². The van der Waals surface area contributed by atoms with Gasteiger partial charge in [0.25, 0.3) is 0 Å². The SMILES string of the molecule is C[Si](C)(C)/C=C/C#Cc1cc2ccccc2o1. The molecule has 0 N–H and O–H groups in total. The zero-order valence-corrected chi connectivity index (χ0v) is 11.4. The van der Waals surface area contributed by atoms with E-state index in [2.05, 4.69) is 37.2 Å². The fourth-order valence-corrected chi connectivity index (χ4v) is 2.03. The maximum Gasteiger partial charge on any atom is 0.178 e. The standard InChI is InChI=1S/C15H16OSi/c1-17(2,3)11-7-6-9-14-12-13-8-4-5-10-15(13)16-14/h4-5,7-8,10-12H,1-3H3/b11-7+. The van der Waals surface area contributed by atoms with E-state index in [0.717, 1.165) is 16.7 Å².